The van der Waals surface area contributed by atoms with E-state index in [0.29, 0.717) is 24.3 Å². The highest BCUT2D eigenvalue weighted by Gasteiger charge is 2.44. The maximum absolute atomic E-state index is 11.1. The molecule has 1 saturated carbocycles. The van der Waals surface area contributed by atoms with E-state index < -0.39 is 11.9 Å². The number of amides is 1. The third-order valence-electron chi connectivity index (χ3n) is 3.30. The maximum Gasteiger partial charge on any atom is 0.409 e. The van der Waals surface area contributed by atoms with Crippen molar-refractivity contribution in [2.75, 3.05) is 34.8 Å². The van der Waals surface area contributed by atoms with Gasteiger partial charge in [-0.05, 0) is 26.9 Å². The number of carbonyl (C=O) groups excluding carboxylic acids is 1. The van der Waals surface area contributed by atoms with Crippen LogP contribution in [0.2, 0.25) is 0 Å². The third kappa shape index (κ3) is 8.25. The zero-order chi connectivity index (χ0) is 17.3. The molecule has 0 aromatic rings. The van der Waals surface area contributed by atoms with Gasteiger partial charge in [-0.25, -0.2) is 14.4 Å². The van der Waals surface area contributed by atoms with Crippen molar-refractivity contribution in [1.29, 1.82) is 0 Å². The van der Waals surface area contributed by atoms with Crippen molar-refractivity contribution < 1.29 is 29.3 Å². The molecule has 1 aliphatic carbocycles. The van der Waals surface area contributed by atoms with E-state index in [1.54, 1.807) is 14.1 Å². The zero-order valence-corrected chi connectivity index (χ0v) is 13.4. The van der Waals surface area contributed by atoms with Crippen molar-refractivity contribution in [1.82, 2.24) is 9.80 Å². The second-order valence-corrected chi connectivity index (χ2v) is 5.39. The molecule has 0 heterocycles. The first kappa shape index (κ1) is 19.9. The van der Waals surface area contributed by atoms with Crippen molar-refractivity contribution in [2.24, 2.45) is 0 Å². The number of hydrogen-bond acceptors (Lipinski definition) is 5. The summed E-state index contributed by atoms with van der Waals surface area (Å²) in [7, 11) is 7.56. The summed E-state index contributed by atoms with van der Waals surface area (Å²) in [6.45, 7) is 0.523. The molecule has 1 aliphatic rings. The molecule has 126 valence electrons. The van der Waals surface area contributed by atoms with Crippen molar-refractivity contribution in [3.05, 3.63) is 12.2 Å². The van der Waals surface area contributed by atoms with Gasteiger partial charge in [0.1, 0.15) is 0 Å². The Hall–Kier alpha value is -2.09. The monoisotopic (exact) mass is 316 g/mol. The van der Waals surface area contributed by atoms with E-state index in [4.69, 9.17) is 14.9 Å². The Bertz CT molecular complexity index is 411. The predicted octanol–water partition coefficient (Wildman–Crippen LogP) is 0.881. The molecule has 0 aromatic heterocycles. The summed E-state index contributed by atoms with van der Waals surface area (Å²) in [6.07, 6.45) is 4.25. The minimum Gasteiger partial charge on any atom is -0.478 e. The number of nitrogens with zero attached hydrogens (tertiary/aromatic N) is 2. The van der Waals surface area contributed by atoms with E-state index in [0.717, 1.165) is 6.42 Å². The first-order chi connectivity index (χ1) is 10.1. The Morgan fingerprint density at radius 1 is 1.05 bits per heavy atom. The molecule has 8 nitrogen and oxygen atoms in total. The van der Waals surface area contributed by atoms with Crippen LogP contribution in [0.1, 0.15) is 19.3 Å². The molecular formula is C14H24N2O6. The van der Waals surface area contributed by atoms with Gasteiger partial charge in [0.25, 0.3) is 0 Å². The van der Waals surface area contributed by atoms with Crippen LogP contribution in [0.25, 0.3) is 0 Å². The van der Waals surface area contributed by atoms with Crippen LogP contribution < -0.4 is 0 Å². The number of rotatable bonds is 6. The van der Waals surface area contributed by atoms with E-state index in [2.05, 4.69) is 19.0 Å². The minimum absolute atomic E-state index is 0.250. The van der Waals surface area contributed by atoms with Crippen molar-refractivity contribution >= 4 is 18.0 Å². The molecule has 0 spiro atoms. The summed E-state index contributed by atoms with van der Waals surface area (Å²) in [5, 5.41) is 15.6. The Kier molecular flexibility index (Phi) is 8.18. The van der Waals surface area contributed by atoms with Crippen molar-refractivity contribution in [3.8, 4) is 0 Å². The fraction of sp³-hybridized carbons (Fsp3) is 0.643. The number of aliphatic carboxylic acids is 2. The SMILES string of the molecule is CN(C)C(=O)OCCC1(N(C)C)CC1.O=C(O)C=CC(=O)O. The molecule has 0 radical (unpaired) electrons. The van der Waals surface area contributed by atoms with Crippen molar-refractivity contribution in [2.45, 2.75) is 24.8 Å². The number of carboxylic acid groups (broad SMARTS) is 2. The van der Waals surface area contributed by atoms with Gasteiger partial charge in [0.05, 0.1) is 6.61 Å². The minimum atomic E-state index is -1.26. The van der Waals surface area contributed by atoms with E-state index in [9.17, 15) is 14.4 Å². The predicted molar refractivity (Wildman–Crippen MR) is 79.7 cm³/mol. The van der Waals surface area contributed by atoms with Crippen LogP contribution in [0.15, 0.2) is 12.2 Å². The molecule has 2 N–H and O–H groups in total. The second-order valence-electron chi connectivity index (χ2n) is 5.39. The van der Waals surface area contributed by atoms with Gasteiger partial charge in [0.15, 0.2) is 0 Å². The molecule has 1 amide bonds. The molecule has 8 heteroatoms. The smallest absolute Gasteiger partial charge is 0.409 e. The first-order valence-electron chi connectivity index (χ1n) is 6.76. The quantitative estimate of drug-likeness (QED) is 0.700. The Morgan fingerprint density at radius 2 is 1.50 bits per heavy atom. The van der Waals surface area contributed by atoms with Gasteiger partial charge in [-0.2, -0.15) is 0 Å². The summed E-state index contributed by atoms with van der Waals surface area (Å²) < 4.78 is 5.09. The number of carboxylic acids is 2. The normalized spacial score (nSPS) is 15.0. The maximum atomic E-state index is 11.1. The fourth-order valence-corrected chi connectivity index (χ4v) is 1.67. The molecule has 0 bridgehead atoms. The molecule has 0 atom stereocenters. The van der Waals surface area contributed by atoms with E-state index in [-0.39, 0.29) is 6.09 Å². The van der Waals surface area contributed by atoms with Crippen LogP contribution in [-0.4, -0.2) is 78.4 Å². The molecule has 1 fully saturated rings. The largest absolute Gasteiger partial charge is 0.478 e. The van der Waals surface area contributed by atoms with Gasteiger partial charge in [0.2, 0.25) is 0 Å². The highest BCUT2D eigenvalue weighted by Crippen LogP contribution is 2.42. The molecule has 0 unspecified atom stereocenters. The lowest BCUT2D eigenvalue weighted by atomic mass is 10.2. The van der Waals surface area contributed by atoms with E-state index >= 15 is 0 Å². The van der Waals surface area contributed by atoms with Crippen LogP contribution >= 0.6 is 0 Å². The third-order valence-corrected chi connectivity index (χ3v) is 3.30. The average Bonchev–Trinajstić information content (AvgIpc) is 3.18. The lowest BCUT2D eigenvalue weighted by molar-refractivity contribution is -0.134. The molecule has 22 heavy (non-hydrogen) atoms. The Balaban J connectivity index is 0.000000472. The summed E-state index contributed by atoms with van der Waals surface area (Å²) in [5.41, 5.74) is 0.312. The molecule has 0 saturated heterocycles. The van der Waals surface area contributed by atoms with Crippen LogP contribution in [0.5, 0.6) is 0 Å². The van der Waals surface area contributed by atoms with E-state index in [1.807, 2.05) is 0 Å². The highest BCUT2D eigenvalue weighted by molar-refractivity contribution is 5.89. The lowest BCUT2D eigenvalue weighted by Crippen LogP contribution is -2.32. The number of hydrogen-bond donors (Lipinski definition) is 2. The van der Waals surface area contributed by atoms with Gasteiger partial charge < -0.3 is 24.7 Å². The van der Waals surface area contributed by atoms with Crippen LogP contribution in [0.3, 0.4) is 0 Å². The van der Waals surface area contributed by atoms with Crippen LogP contribution in [0.4, 0.5) is 4.79 Å². The molecular weight excluding hydrogens is 292 g/mol. The Morgan fingerprint density at radius 3 is 1.77 bits per heavy atom. The van der Waals surface area contributed by atoms with Gasteiger partial charge >= 0.3 is 18.0 Å². The highest BCUT2D eigenvalue weighted by atomic mass is 16.6. The second kappa shape index (κ2) is 9.04. The zero-order valence-electron chi connectivity index (χ0n) is 13.4. The Labute approximate surface area is 130 Å². The van der Waals surface area contributed by atoms with Gasteiger partial charge in [-0.1, -0.05) is 0 Å². The standard InChI is InChI=1S/C10H20N2O2.C4H4O4/c1-11(2)9(13)14-8-7-10(5-6-10)12(3)4;5-3(6)1-2-4(7)8/h5-8H2,1-4H3;1-2H,(H,5,6)(H,7,8). The average molecular weight is 316 g/mol. The summed E-state index contributed by atoms with van der Waals surface area (Å²) in [6, 6.07) is 0. The number of ether oxygens (including phenoxy) is 1. The summed E-state index contributed by atoms with van der Waals surface area (Å²) in [5.74, 6) is -2.51. The van der Waals surface area contributed by atoms with Gasteiger partial charge in [-0.15, -0.1) is 0 Å². The van der Waals surface area contributed by atoms with Crippen LogP contribution in [-0.2, 0) is 14.3 Å². The van der Waals surface area contributed by atoms with Gasteiger partial charge in [0, 0.05) is 38.2 Å². The molecule has 0 aliphatic heterocycles. The number of carbonyl (C=O) groups is 3. The lowest BCUT2D eigenvalue weighted by Gasteiger charge is -2.23. The van der Waals surface area contributed by atoms with Crippen LogP contribution in [0, 0.1) is 0 Å². The van der Waals surface area contributed by atoms with Crippen molar-refractivity contribution in [3.63, 3.8) is 0 Å². The van der Waals surface area contributed by atoms with E-state index in [1.165, 1.54) is 17.7 Å². The topological polar surface area (TPSA) is 107 Å². The van der Waals surface area contributed by atoms with Gasteiger partial charge in [-0.3, -0.25) is 0 Å². The first-order valence-corrected chi connectivity index (χ1v) is 6.76. The molecule has 0 aromatic carbocycles. The summed E-state index contributed by atoms with van der Waals surface area (Å²) >= 11 is 0. The fourth-order valence-electron chi connectivity index (χ4n) is 1.67. The summed E-state index contributed by atoms with van der Waals surface area (Å²) in [4.78, 5) is 33.9. The molecule has 1 rings (SSSR count).